The maximum atomic E-state index is 12.3. The van der Waals surface area contributed by atoms with Crippen molar-refractivity contribution in [1.29, 1.82) is 0 Å². The molecule has 0 unspecified atom stereocenters. The molecule has 3 heterocycles. The average Bonchev–Trinajstić information content (AvgIpc) is 3.24. The molecule has 0 aliphatic heterocycles. The van der Waals surface area contributed by atoms with Crippen molar-refractivity contribution >= 4 is 16.9 Å². The van der Waals surface area contributed by atoms with E-state index in [0.29, 0.717) is 23.5 Å². The highest BCUT2D eigenvalue weighted by atomic mass is 16.3. The van der Waals surface area contributed by atoms with Crippen molar-refractivity contribution in [3.8, 4) is 11.4 Å². The molecule has 25 heavy (non-hydrogen) atoms. The molecule has 1 N–H and O–H groups in total. The summed E-state index contributed by atoms with van der Waals surface area (Å²) in [6.07, 6.45) is 4.88. The van der Waals surface area contributed by atoms with Crippen LogP contribution in [-0.4, -0.2) is 25.7 Å². The minimum Gasteiger partial charge on any atom is -0.451 e. The Labute approximate surface area is 143 Å². The molecule has 0 radical (unpaired) electrons. The van der Waals surface area contributed by atoms with E-state index in [4.69, 9.17) is 4.42 Å². The maximum absolute atomic E-state index is 12.3. The Kier molecular flexibility index (Phi) is 3.74. The summed E-state index contributed by atoms with van der Waals surface area (Å²) in [5, 5.41) is 8.16. The molecule has 4 rings (SSSR count). The van der Waals surface area contributed by atoms with Gasteiger partial charge in [0.1, 0.15) is 17.0 Å². The van der Waals surface area contributed by atoms with Crippen LogP contribution in [0.1, 0.15) is 16.2 Å². The summed E-state index contributed by atoms with van der Waals surface area (Å²) < 4.78 is 7.28. The highest BCUT2D eigenvalue weighted by Crippen LogP contribution is 2.19. The van der Waals surface area contributed by atoms with Gasteiger partial charge in [0.2, 0.25) is 0 Å². The average molecular weight is 333 g/mol. The Morgan fingerprint density at radius 1 is 1.20 bits per heavy atom. The van der Waals surface area contributed by atoms with Crippen LogP contribution in [0.3, 0.4) is 0 Å². The van der Waals surface area contributed by atoms with Crippen LogP contribution >= 0.6 is 0 Å². The summed E-state index contributed by atoms with van der Waals surface area (Å²) in [7, 11) is 1.82. The lowest BCUT2D eigenvalue weighted by Crippen LogP contribution is -2.23. The summed E-state index contributed by atoms with van der Waals surface area (Å²) >= 11 is 0. The van der Waals surface area contributed by atoms with Crippen LogP contribution in [0.25, 0.3) is 22.4 Å². The number of para-hydroxylation sites is 1. The predicted molar refractivity (Wildman–Crippen MR) is 91.6 cm³/mol. The van der Waals surface area contributed by atoms with Gasteiger partial charge in [0.25, 0.3) is 5.91 Å². The van der Waals surface area contributed by atoms with Crippen LogP contribution in [0.2, 0.25) is 0 Å². The Morgan fingerprint density at radius 2 is 2.08 bits per heavy atom. The first-order chi connectivity index (χ1) is 12.2. The number of hydrogen-bond acceptors (Lipinski definition) is 5. The third-order valence-electron chi connectivity index (χ3n) is 3.88. The molecule has 0 spiro atoms. The van der Waals surface area contributed by atoms with Crippen molar-refractivity contribution < 1.29 is 9.21 Å². The first-order valence-electron chi connectivity index (χ1n) is 7.77. The molecule has 124 valence electrons. The zero-order valence-electron chi connectivity index (χ0n) is 13.5. The monoisotopic (exact) mass is 333 g/mol. The van der Waals surface area contributed by atoms with Gasteiger partial charge in [-0.25, -0.2) is 0 Å². The predicted octanol–water partition coefficient (Wildman–Crippen LogP) is 2.55. The molecule has 0 atom stereocenters. The highest BCUT2D eigenvalue weighted by molar-refractivity contribution is 5.96. The number of aromatic nitrogens is 4. The molecule has 0 saturated heterocycles. The fourth-order valence-electron chi connectivity index (χ4n) is 2.58. The zero-order chi connectivity index (χ0) is 17.2. The summed E-state index contributed by atoms with van der Waals surface area (Å²) in [6.45, 7) is 0.333. The van der Waals surface area contributed by atoms with E-state index < -0.39 is 0 Å². The number of aryl methyl sites for hydroxylation is 1. The van der Waals surface area contributed by atoms with Gasteiger partial charge in [0.05, 0.1) is 18.4 Å². The molecule has 7 heteroatoms. The van der Waals surface area contributed by atoms with Crippen molar-refractivity contribution in [3.05, 3.63) is 66.4 Å². The number of nitrogens with one attached hydrogen (secondary N) is 1. The summed E-state index contributed by atoms with van der Waals surface area (Å²) in [5.74, 6) is 0.0240. The third kappa shape index (κ3) is 2.99. The van der Waals surface area contributed by atoms with Crippen molar-refractivity contribution in [2.45, 2.75) is 6.54 Å². The number of benzene rings is 1. The van der Waals surface area contributed by atoms with Gasteiger partial charge < -0.3 is 9.73 Å². The molecular formula is C18H15N5O2. The largest absolute Gasteiger partial charge is 0.451 e. The number of hydrogen-bond donors (Lipinski definition) is 1. The van der Waals surface area contributed by atoms with Crippen molar-refractivity contribution in [2.75, 3.05) is 0 Å². The third-order valence-corrected chi connectivity index (χ3v) is 3.88. The zero-order valence-corrected chi connectivity index (χ0v) is 13.5. The van der Waals surface area contributed by atoms with Crippen LogP contribution in [0.4, 0.5) is 0 Å². The van der Waals surface area contributed by atoms with Gasteiger partial charge >= 0.3 is 0 Å². The number of amides is 1. The van der Waals surface area contributed by atoms with Gasteiger partial charge in [-0.1, -0.05) is 18.2 Å². The highest BCUT2D eigenvalue weighted by Gasteiger charge is 2.14. The Hall–Kier alpha value is -3.48. The quantitative estimate of drug-likeness (QED) is 0.620. The van der Waals surface area contributed by atoms with Gasteiger partial charge in [-0.2, -0.15) is 5.10 Å². The van der Waals surface area contributed by atoms with Crippen molar-refractivity contribution in [1.82, 2.24) is 25.1 Å². The van der Waals surface area contributed by atoms with E-state index in [1.165, 1.54) is 0 Å². The van der Waals surface area contributed by atoms with E-state index >= 15 is 0 Å². The molecule has 0 saturated carbocycles. The Bertz CT molecular complexity index is 1000. The first kappa shape index (κ1) is 15.1. The molecular weight excluding hydrogens is 318 g/mol. The molecule has 1 amide bonds. The number of rotatable bonds is 4. The molecule has 0 aliphatic carbocycles. The molecule has 3 aromatic heterocycles. The maximum Gasteiger partial charge on any atom is 0.287 e. The van der Waals surface area contributed by atoms with Gasteiger partial charge in [-0.15, -0.1) is 0 Å². The number of carbonyl (C=O) groups is 1. The lowest BCUT2D eigenvalue weighted by molar-refractivity contribution is 0.0924. The first-order valence-corrected chi connectivity index (χ1v) is 7.77. The summed E-state index contributed by atoms with van der Waals surface area (Å²) in [4.78, 5) is 20.6. The van der Waals surface area contributed by atoms with Crippen LogP contribution < -0.4 is 5.32 Å². The summed E-state index contributed by atoms with van der Waals surface area (Å²) in [5.41, 5.74) is 2.94. The van der Waals surface area contributed by atoms with Crippen LogP contribution in [0.5, 0.6) is 0 Å². The molecule has 7 nitrogen and oxygen atoms in total. The summed E-state index contributed by atoms with van der Waals surface area (Å²) in [6, 6.07) is 11.1. The van der Waals surface area contributed by atoms with Crippen LogP contribution in [0.15, 0.2) is 59.4 Å². The van der Waals surface area contributed by atoms with E-state index in [-0.39, 0.29) is 11.7 Å². The second kappa shape index (κ2) is 6.20. The number of fused-ring (bicyclic) bond motifs is 1. The number of nitrogens with zero attached hydrogens (tertiary/aromatic N) is 4. The second-order valence-corrected chi connectivity index (χ2v) is 5.57. The second-order valence-electron chi connectivity index (χ2n) is 5.57. The van der Waals surface area contributed by atoms with E-state index in [2.05, 4.69) is 20.4 Å². The van der Waals surface area contributed by atoms with E-state index in [1.807, 2.05) is 37.4 Å². The van der Waals surface area contributed by atoms with Gasteiger partial charge in [-0.3, -0.25) is 19.4 Å². The van der Waals surface area contributed by atoms with E-state index in [0.717, 1.165) is 11.1 Å². The van der Waals surface area contributed by atoms with Gasteiger partial charge in [-0.05, 0) is 18.2 Å². The van der Waals surface area contributed by atoms with Crippen molar-refractivity contribution in [2.24, 2.45) is 7.05 Å². The molecule has 4 aromatic rings. The SMILES string of the molecule is Cn1nc(-c2cnccn2)cc1CNC(=O)c1cc2ccccc2o1. The molecule has 0 fully saturated rings. The molecule has 0 aliphatic rings. The smallest absolute Gasteiger partial charge is 0.287 e. The van der Waals surface area contributed by atoms with Crippen LogP contribution in [-0.2, 0) is 13.6 Å². The Morgan fingerprint density at radius 3 is 2.88 bits per heavy atom. The Balaban J connectivity index is 1.49. The minimum atomic E-state index is -0.265. The fourth-order valence-corrected chi connectivity index (χ4v) is 2.58. The minimum absolute atomic E-state index is 0.265. The topological polar surface area (TPSA) is 85.8 Å². The van der Waals surface area contributed by atoms with Gasteiger partial charge in [0, 0.05) is 24.8 Å². The van der Waals surface area contributed by atoms with Crippen molar-refractivity contribution in [3.63, 3.8) is 0 Å². The number of carbonyl (C=O) groups excluding carboxylic acids is 1. The van der Waals surface area contributed by atoms with E-state index in [9.17, 15) is 4.79 Å². The fraction of sp³-hybridized carbons (Fsp3) is 0.111. The molecule has 0 bridgehead atoms. The standard InChI is InChI=1S/C18H15N5O2/c1-23-13(9-14(22-23)15-11-19-6-7-20-15)10-21-18(24)17-8-12-4-2-3-5-16(12)25-17/h2-9,11H,10H2,1H3,(H,21,24). The number of furan rings is 1. The van der Waals surface area contributed by atoms with Gasteiger partial charge in [0.15, 0.2) is 5.76 Å². The van der Waals surface area contributed by atoms with Crippen LogP contribution in [0, 0.1) is 0 Å². The normalized spacial score (nSPS) is 10.9. The lowest BCUT2D eigenvalue weighted by Gasteiger charge is -2.03. The molecule has 1 aromatic carbocycles. The van der Waals surface area contributed by atoms with E-state index in [1.54, 1.807) is 29.3 Å². The lowest BCUT2D eigenvalue weighted by atomic mass is 10.2.